The zero-order valence-electron chi connectivity index (χ0n) is 7.68. The fourth-order valence-corrected chi connectivity index (χ4v) is 2.35. The summed E-state index contributed by atoms with van der Waals surface area (Å²) in [6.07, 6.45) is 5.39. The monoisotopic (exact) mass is 310 g/mol. The Morgan fingerprint density at radius 1 is 1.33 bits per heavy atom. The quantitative estimate of drug-likeness (QED) is 0.701. The van der Waals surface area contributed by atoms with Crippen LogP contribution in [0.4, 0.5) is 0 Å². The maximum Gasteiger partial charge on any atom is 0.125 e. The number of nitrogens with one attached hydrogen (secondary N) is 1. The predicted molar refractivity (Wildman–Crippen MR) is 65.5 cm³/mol. The highest BCUT2D eigenvalue weighted by Crippen LogP contribution is 2.25. The summed E-state index contributed by atoms with van der Waals surface area (Å²) in [5, 5.41) is 4.49. The predicted octanol–water partition coefficient (Wildman–Crippen LogP) is 2.33. The Labute approximate surface area is 99.5 Å². The molecule has 3 rings (SSSR count). The molecule has 3 aromatic heterocycles. The zero-order chi connectivity index (χ0) is 10.3. The van der Waals surface area contributed by atoms with E-state index in [1.165, 1.54) is 0 Å². The summed E-state index contributed by atoms with van der Waals surface area (Å²) in [5.41, 5.74) is 3.00. The van der Waals surface area contributed by atoms with Crippen LogP contribution in [-0.2, 0) is 0 Å². The molecule has 0 amide bonds. The summed E-state index contributed by atoms with van der Waals surface area (Å²) >= 11 is 2.30. The van der Waals surface area contributed by atoms with Gasteiger partial charge in [-0.25, -0.2) is 9.50 Å². The molecular weight excluding hydrogens is 303 g/mol. The standard InChI is InChI=1S/C10H7IN4/c11-9-8-3-1-2-4-15(8)14-10(9)7-5-12-6-13-7/h1-6H,(H,12,13). The fraction of sp³-hybridized carbons (Fsp3) is 0. The van der Waals surface area contributed by atoms with Crippen molar-refractivity contribution in [3.8, 4) is 11.4 Å². The molecule has 74 valence electrons. The molecule has 0 spiro atoms. The van der Waals surface area contributed by atoms with Gasteiger partial charge in [-0.15, -0.1) is 0 Å². The highest BCUT2D eigenvalue weighted by Gasteiger charge is 2.11. The van der Waals surface area contributed by atoms with Crippen LogP contribution >= 0.6 is 22.6 Å². The lowest BCUT2D eigenvalue weighted by molar-refractivity contribution is 0.963. The Balaban J connectivity index is 2.33. The molecular formula is C10H7IN4. The highest BCUT2D eigenvalue weighted by molar-refractivity contribution is 14.1. The third-order valence-corrected chi connectivity index (χ3v) is 3.30. The van der Waals surface area contributed by atoms with Crippen LogP contribution in [0.1, 0.15) is 0 Å². The number of pyridine rings is 1. The average molecular weight is 310 g/mol. The summed E-state index contributed by atoms with van der Waals surface area (Å²) in [4.78, 5) is 7.07. The summed E-state index contributed by atoms with van der Waals surface area (Å²) in [6.45, 7) is 0. The molecule has 0 saturated heterocycles. The Bertz CT molecular complexity index is 597. The van der Waals surface area contributed by atoms with Crippen LogP contribution in [0.15, 0.2) is 36.9 Å². The second kappa shape index (κ2) is 3.34. The van der Waals surface area contributed by atoms with Gasteiger partial charge in [-0.1, -0.05) is 6.07 Å². The molecule has 0 aromatic carbocycles. The van der Waals surface area contributed by atoms with Gasteiger partial charge < -0.3 is 4.98 Å². The maximum absolute atomic E-state index is 4.49. The van der Waals surface area contributed by atoms with Crippen LogP contribution in [0.2, 0.25) is 0 Å². The fourth-order valence-electron chi connectivity index (χ4n) is 1.53. The Morgan fingerprint density at radius 3 is 3.00 bits per heavy atom. The summed E-state index contributed by atoms with van der Waals surface area (Å²) in [5.74, 6) is 0. The molecule has 3 heterocycles. The molecule has 0 unspecified atom stereocenters. The Morgan fingerprint density at radius 2 is 2.27 bits per heavy atom. The first-order valence-corrected chi connectivity index (χ1v) is 5.56. The second-order valence-corrected chi connectivity index (χ2v) is 4.24. The number of H-pyrrole nitrogens is 1. The average Bonchev–Trinajstić information content (AvgIpc) is 2.87. The van der Waals surface area contributed by atoms with Crippen molar-refractivity contribution >= 4 is 28.1 Å². The van der Waals surface area contributed by atoms with E-state index in [-0.39, 0.29) is 0 Å². The van der Waals surface area contributed by atoms with Gasteiger partial charge in [-0.05, 0) is 34.7 Å². The third kappa shape index (κ3) is 1.34. The second-order valence-electron chi connectivity index (χ2n) is 3.16. The number of nitrogens with zero attached hydrogens (tertiary/aromatic N) is 3. The molecule has 1 N–H and O–H groups in total. The topological polar surface area (TPSA) is 46.0 Å². The largest absolute Gasteiger partial charge is 0.343 e. The Kier molecular flexibility index (Phi) is 1.98. The first-order chi connectivity index (χ1) is 7.36. The van der Waals surface area contributed by atoms with Gasteiger partial charge in [-0.3, -0.25) is 0 Å². The lowest BCUT2D eigenvalue weighted by atomic mass is 10.3. The molecule has 0 aliphatic heterocycles. The van der Waals surface area contributed by atoms with Gasteiger partial charge in [0.1, 0.15) is 5.69 Å². The van der Waals surface area contributed by atoms with Crippen molar-refractivity contribution in [3.63, 3.8) is 0 Å². The van der Waals surface area contributed by atoms with Crippen molar-refractivity contribution in [3.05, 3.63) is 40.5 Å². The van der Waals surface area contributed by atoms with Gasteiger partial charge >= 0.3 is 0 Å². The molecule has 15 heavy (non-hydrogen) atoms. The summed E-state index contributed by atoms with van der Waals surface area (Å²) in [6, 6.07) is 6.03. The van der Waals surface area contributed by atoms with Gasteiger partial charge in [0.05, 0.1) is 27.3 Å². The minimum absolute atomic E-state index is 0.944. The summed E-state index contributed by atoms with van der Waals surface area (Å²) in [7, 11) is 0. The highest BCUT2D eigenvalue weighted by atomic mass is 127. The van der Waals surface area contributed by atoms with E-state index >= 15 is 0 Å². The molecule has 0 atom stereocenters. The molecule has 0 fully saturated rings. The first-order valence-electron chi connectivity index (χ1n) is 4.48. The van der Waals surface area contributed by atoms with E-state index < -0.39 is 0 Å². The van der Waals surface area contributed by atoms with Crippen molar-refractivity contribution in [1.82, 2.24) is 19.6 Å². The molecule has 0 aliphatic rings. The lowest BCUT2D eigenvalue weighted by Crippen LogP contribution is -1.84. The van der Waals surface area contributed by atoms with E-state index in [0.29, 0.717) is 0 Å². The van der Waals surface area contributed by atoms with Crippen LogP contribution in [0, 0.1) is 3.57 Å². The van der Waals surface area contributed by atoms with E-state index in [2.05, 4.69) is 43.7 Å². The number of halogens is 1. The number of hydrogen-bond donors (Lipinski definition) is 1. The molecule has 3 aromatic rings. The maximum atomic E-state index is 4.49. The number of aromatic nitrogens is 4. The van der Waals surface area contributed by atoms with Gasteiger partial charge in [0.15, 0.2) is 0 Å². The zero-order valence-corrected chi connectivity index (χ0v) is 9.84. The van der Waals surface area contributed by atoms with Crippen LogP contribution in [0.3, 0.4) is 0 Å². The van der Waals surface area contributed by atoms with Crippen LogP contribution < -0.4 is 0 Å². The molecule has 0 saturated carbocycles. The first kappa shape index (κ1) is 8.90. The van der Waals surface area contributed by atoms with E-state index in [0.717, 1.165) is 20.5 Å². The van der Waals surface area contributed by atoms with E-state index in [9.17, 15) is 0 Å². The van der Waals surface area contributed by atoms with Crippen molar-refractivity contribution in [1.29, 1.82) is 0 Å². The minimum Gasteiger partial charge on any atom is -0.343 e. The number of imidazole rings is 1. The SMILES string of the molecule is Ic1c(-c2cnc[nH]2)nn2ccccc12. The number of aromatic amines is 1. The molecule has 5 heteroatoms. The van der Waals surface area contributed by atoms with Crippen LogP contribution in [0.25, 0.3) is 16.9 Å². The van der Waals surface area contributed by atoms with E-state index in [1.54, 1.807) is 12.5 Å². The molecule has 0 aliphatic carbocycles. The summed E-state index contributed by atoms with van der Waals surface area (Å²) < 4.78 is 3.01. The molecule has 0 radical (unpaired) electrons. The lowest BCUT2D eigenvalue weighted by Gasteiger charge is -1.89. The normalized spacial score (nSPS) is 11.0. The molecule has 0 bridgehead atoms. The van der Waals surface area contributed by atoms with Gasteiger partial charge in [0, 0.05) is 6.20 Å². The Hall–Kier alpha value is -1.37. The minimum atomic E-state index is 0.944. The van der Waals surface area contributed by atoms with Crippen LogP contribution in [0.5, 0.6) is 0 Å². The van der Waals surface area contributed by atoms with Crippen molar-refractivity contribution in [2.24, 2.45) is 0 Å². The number of hydrogen-bond acceptors (Lipinski definition) is 2. The van der Waals surface area contributed by atoms with Gasteiger partial charge in [-0.2, -0.15) is 5.10 Å². The van der Waals surface area contributed by atoms with Crippen LogP contribution in [-0.4, -0.2) is 19.6 Å². The van der Waals surface area contributed by atoms with E-state index in [1.807, 2.05) is 22.8 Å². The van der Waals surface area contributed by atoms with Crippen molar-refractivity contribution in [2.45, 2.75) is 0 Å². The third-order valence-electron chi connectivity index (χ3n) is 2.23. The van der Waals surface area contributed by atoms with E-state index in [4.69, 9.17) is 0 Å². The molecule has 4 nitrogen and oxygen atoms in total. The number of rotatable bonds is 1. The van der Waals surface area contributed by atoms with Gasteiger partial charge in [0.2, 0.25) is 0 Å². The number of fused-ring (bicyclic) bond motifs is 1. The van der Waals surface area contributed by atoms with Crippen molar-refractivity contribution in [2.75, 3.05) is 0 Å². The smallest absolute Gasteiger partial charge is 0.125 e. The van der Waals surface area contributed by atoms with Gasteiger partial charge in [0.25, 0.3) is 0 Å². The van der Waals surface area contributed by atoms with Crippen molar-refractivity contribution < 1.29 is 0 Å².